The van der Waals surface area contributed by atoms with Gasteiger partial charge in [-0.25, -0.2) is 0 Å². The van der Waals surface area contributed by atoms with Crippen LogP contribution in [0.15, 0.2) is 24.3 Å². The molecule has 1 aliphatic heterocycles. The molecule has 1 aliphatic rings. The molecule has 4 heteroatoms. The molecule has 2 heterocycles. The number of hydrogen-bond acceptors (Lipinski definition) is 2. The van der Waals surface area contributed by atoms with E-state index in [0.29, 0.717) is 13.1 Å². The van der Waals surface area contributed by atoms with Crippen molar-refractivity contribution in [3.05, 3.63) is 35.5 Å². The van der Waals surface area contributed by atoms with Crippen molar-refractivity contribution in [1.82, 2.24) is 9.47 Å². The zero-order chi connectivity index (χ0) is 17.1. The molecule has 130 valence electrons. The van der Waals surface area contributed by atoms with Crippen molar-refractivity contribution < 1.29 is 4.79 Å². The van der Waals surface area contributed by atoms with Gasteiger partial charge in [0.25, 0.3) is 0 Å². The number of rotatable bonds is 5. The van der Waals surface area contributed by atoms with E-state index in [9.17, 15) is 4.79 Å². The van der Waals surface area contributed by atoms with Crippen LogP contribution in [-0.4, -0.2) is 35.0 Å². The standard InChI is InChI=1S/C20H29N3O/c1-15-9-12-22(13-10-15)20(24)14-23-16(2)17(7-5-11-21)18-6-3-4-8-19(18)23/h3-4,6,8,15H,5,7,9-14,21H2,1-2H3. The Bertz CT molecular complexity index is 711. The predicted molar refractivity (Wildman–Crippen MR) is 99.0 cm³/mol. The number of aromatic nitrogens is 1. The van der Waals surface area contributed by atoms with Gasteiger partial charge in [-0.2, -0.15) is 0 Å². The third-order valence-corrected chi connectivity index (χ3v) is 5.42. The molecule has 0 atom stereocenters. The minimum absolute atomic E-state index is 0.246. The molecule has 2 N–H and O–H groups in total. The number of hydrogen-bond donors (Lipinski definition) is 1. The molecule has 24 heavy (non-hydrogen) atoms. The second kappa shape index (κ2) is 7.39. The van der Waals surface area contributed by atoms with Crippen molar-refractivity contribution in [1.29, 1.82) is 0 Å². The third kappa shape index (κ3) is 3.34. The summed E-state index contributed by atoms with van der Waals surface area (Å²) in [6.45, 7) is 7.36. The number of benzene rings is 1. The first kappa shape index (κ1) is 17.0. The topological polar surface area (TPSA) is 51.3 Å². The summed E-state index contributed by atoms with van der Waals surface area (Å²) in [6.07, 6.45) is 4.20. The molecule has 1 aromatic carbocycles. The Labute approximate surface area is 144 Å². The lowest BCUT2D eigenvalue weighted by Gasteiger charge is -2.30. The largest absolute Gasteiger partial charge is 0.341 e. The van der Waals surface area contributed by atoms with Gasteiger partial charge in [0, 0.05) is 29.7 Å². The first-order chi connectivity index (χ1) is 11.6. The summed E-state index contributed by atoms with van der Waals surface area (Å²) in [7, 11) is 0. The monoisotopic (exact) mass is 327 g/mol. The summed E-state index contributed by atoms with van der Waals surface area (Å²) in [5.41, 5.74) is 9.42. The number of aryl methyl sites for hydroxylation is 1. The molecule has 1 aromatic heterocycles. The number of amides is 1. The minimum atomic E-state index is 0.246. The van der Waals surface area contributed by atoms with Crippen molar-refractivity contribution in [2.45, 2.75) is 46.1 Å². The minimum Gasteiger partial charge on any atom is -0.341 e. The van der Waals surface area contributed by atoms with E-state index in [2.05, 4.69) is 42.7 Å². The van der Waals surface area contributed by atoms with Crippen LogP contribution in [0.2, 0.25) is 0 Å². The van der Waals surface area contributed by atoms with E-state index in [0.717, 1.165) is 44.7 Å². The summed E-state index contributed by atoms with van der Waals surface area (Å²) >= 11 is 0. The molecule has 2 aromatic rings. The number of carbonyl (C=O) groups is 1. The average Bonchev–Trinajstić information content (AvgIpc) is 2.85. The smallest absolute Gasteiger partial charge is 0.242 e. The normalized spacial score (nSPS) is 16.0. The van der Waals surface area contributed by atoms with Crippen LogP contribution in [0.1, 0.15) is 37.4 Å². The zero-order valence-electron chi connectivity index (χ0n) is 14.9. The van der Waals surface area contributed by atoms with E-state index in [1.165, 1.54) is 22.2 Å². The maximum absolute atomic E-state index is 12.8. The Kier molecular flexibility index (Phi) is 5.24. The predicted octanol–water partition coefficient (Wildman–Crippen LogP) is 3.10. The van der Waals surface area contributed by atoms with Crippen LogP contribution in [0, 0.1) is 12.8 Å². The van der Waals surface area contributed by atoms with Crippen LogP contribution in [0.3, 0.4) is 0 Å². The SMILES string of the molecule is Cc1c(CCCN)c2ccccc2n1CC(=O)N1CCC(C)CC1. The molecule has 3 rings (SSSR count). The fraction of sp³-hybridized carbons (Fsp3) is 0.550. The number of nitrogens with two attached hydrogens (primary N) is 1. The van der Waals surface area contributed by atoms with Crippen molar-refractivity contribution >= 4 is 16.8 Å². The van der Waals surface area contributed by atoms with Crippen LogP contribution >= 0.6 is 0 Å². The van der Waals surface area contributed by atoms with Gasteiger partial charge in [-0.05, 0) is 56.7 Å². The van der Waals surface area contributed by atoms with E-state index in [-0.39, 0.29) is 5.91 Å². The molecule has 1 amide bonds. The Morgan fingerprint density at radius 3 is 2.67 bits per heavy atom. The van der Waals surface area contributed by atoms with Crippen molar-refractivity contribution in [2.24, 2.45) is 11.7 Å². The lowest BCUT2D eigenvalue weighted by molar-refractivity contribution is -0.133. The Morgan fingerprint density at radius 2 is 1.96 bits per heavy atom. The van der Waals surface area contributed by atoms with Gasteiger partial charge in [0.15, 0.2) is 0 Å². The van der Waals surface area contributed by atoms with E-state index in [1.807, 2.05) is 4.90 Å². The third-order valence-electron chi connectivity index (χ3n) is 5.42. The maximum atomic E-state index is 12.8. The van der Waals surface area contributed by atoms with E-state index < -0.39 is 0 Å². The molecule has 0 spiro atoms. The quantitative estimate of drug-likeness (QED) is 0.917. The summed E-state index contributed by atoms with van der Waals surface area (Å²) in [5.74, 6) is 0.988. The van der Waals surface area contributed by atoms with Crippen molar-refractivity contribution in [3.8, 4) is 0 Å². The number of nitrogens with zero attached hydrogens (tertiary/aromatic N) is 2. The molecule has 1 saturated heterocycles. The second-order valence-electron chi connectivity index (χ2n) is 7.12. The summed E-state index contributed by atoms with van der Waals surface area (Å²) in [6, 6.07) is 8.42. The number of para-hydroxylation sites is 1. The highest BCUT2D eigenvalue weighted by atomic mass is 16.2. The van der Waals surface area contributed by atoms with Gasteiger partial charge in [0.2, 0.25) is 5.91 Å². The van der Waals surface area contributed by atoms with Crippen LogP contribution in [0.4, 0.5) is 0 Å². The average molecular weight is 327 g/mol. The number of likely N-dealkylation sites (tertiary alicyclic amines) is 1. The Morgan fingerprint density at radius 1 is 1.25 bits per heavy atom. The van der Waals surface area contributed by atoms with Crippen molar-refractivity contribution in [3.63, 3.8) is 0 Å². The van der Waals surface area contributed by atoms with E-state index >= 15 is 0 Å². The van der Waals surface area contributed by atoms with Gasteiger partial charge in [-0.15, -0.1) is 0 Å². The molecule has 0 aliphatic carbocycles. The molecular formula is C20H29N3O. The molecule has 1 fully saturated rings. The lowest BCUT2D eigenvalue weighted by Crippen LogP contribution is -2.39. The van der Waals surface area contributed by atoms with Gasteiger partial charge in [-0.1, -0.05) is 25.1 Å². The molecule has 0 unspecified atom stereocenters. The fourth-order valence-electron chi connectivity index (χ4n) is 3.79. The Hall–Kier alpha value is -1.81. The highest BCUT2D eigenvalue weighted by Gasteiger charge is 2.22. The van der Waals surface area contributed by atoms with Gasteiger partial charge in [0.1, 0.15) is 6.54 Å². The van der Waals surface area contributed by atoms with Gasteiger partial charge < -0.3 is 15.2 Å². The molecule has 0 radical (unpaired) electrons. The van der Waals surface area contributed by atoms with Crippen LogP contribution in [0.25, 0.3) is 10.9 Å². The van der Waals surface area contributed by atoms with Gasteiger partial charge >= 0.3 is 0 Å². The highest BCUT2D eigenvalue weighted by molar-refractivity contribution is 5.87. The first-order valence-corrected chi connectivity index (χ1v) is 9.16. The lowest BCUT2D eigenvalue weighted by atomic mass is 9.99. The molecular weight excluding hydrogens is 298 g/mol. The van der Waals surface area contributed by atoms with Gasteiger partial charge in [0.05, 0.1) is 0 Å². The molecule has 0 saturated carbocycles. The van der Waals surface area contributed by atoms with Crippen LogP contribution in [-0.2, 0) is 17.8 Å². The Balaban J connectivity index is 1.86. The second-order valence-corrected chi connectivity index (χ2v) is 7.12. The highest BCUT2D eigenvalue weighted by Crippen LogP contribution is 2.27. The van der Waals surface area contributed by atoms with Gasteiger partial charge in [-0.3, -0.25) is 4.79 Å². The van der Waals surface area contributed by atoms with E-state index in [1.54, 1.807) is 0 Å². The summed E-state index contributed by atoms with van der Waals surface area (Å²) < 4.78 is 2.20. The summed E-state index contributed by atoms with van der Waals surface area (Å²) in [4.78, 5) is 14.8. The fourth-order valence-corrected chi connectivity index (χ4v) is 3.79. The van der Waals surface area contributed by atoms with Crippen LogP contribution in [0.5, 0.6) is 0 Å². The number of fused-ring (bicyclic) bond motifs is 1. The van der Waals surface area contributed by atoms with Crippen molar-refractivity contribution in [2.75, 3.05) is 19.6 Å². The number of piperidine rings is 1. The summed E-state index contributed by atoms with van der Waals surface area (Å²) in [5, 5.41) is 1.27. The number of carbonyl (C=O) groups excluding carboxylic acids is 1. The zero-order valence-corrected chi connectivity index (χ0v) is 14.9. The maximum Gasteiger partial charge on any atom is 0.242 e. The van der Waals surface area contributed by atoms with Crippen LogP contribution < -0.4 is 5.73 Å². The first-order valence-electron chi connectivity index (χ1n) is 9.16. The molecule has 0 bridgehead atoms. The van der Waals surface area contributed by atoms with E-state index in [4.69, 9.17) is 5.73 Å². The molecule has 4 nitrogen and oxygen atoms in total.